The highest BCUT2D eigenvalue weighted by atomic mass is 16.5. The molecule has 2 nitrogen and oxygen atoms in total. The van der Waals surface area contributed by atoms with Gasteiger partial charge in [-0.2, -0.15) is 0 Å². The van der Waals surface area contributed by atoms with Gasteiger partial charge in [0.2, 0.25) is 0 Å². The second-order valence-corrected chi connectivity index (χ2v) is 3.17. The first-order valence-electron chi connectivity index (χ1n) is 4.26. The molecule has 0 spiro atoms. The summed E-state index contributed by atoms with van der Waals surface area (Å²) >= 11 is 0. The maximum absolute atomic E-state index is 10.9. The largest absolute Gasteiger partial charge is 0.497 e. The van der Waals surface area contributed by atoms with E-state index in [0.29, 0.717) is 6.42 Å². The van der Waals surface area contributed by atoms with Crippen molar-refractivity contribution < 1.29 is 9.53 Å². The van der Waals surface area contributed by atoms with E-state index in [4.69, 9.17) is 4.74 Å². The Kier molecular flexibility index (Phi) is 3.07. The van der Waals surface area contributed by atoms with E-state index < -0.39 is 0 Å². The molecule has 0 aliphatic rings. The van der Waals surface area contributed by atoms with Crippen LogP contribution in [0.2, 0.25) is 0 Å². The molecule has 0 aromatic heterocycles. The summed E-state index contributed by atoms with van der Waals surface area (Å²) in [5, 5.41) is 0. The molecule has 0 radical (unpaired) electrons. The summed E-state index contributed by atoms with van der Waals surface area (Å²) in [6.07, 6.45) is 0.510. The third kappa shape index (κ3) is 2.58. The van der Waals surface area contributed by atoms with Gasteiger partial charge in [-0.05, 0) is 37.1 Å². The molecule has 0 N–H and O–H groups in total. The van der Waals surface area contributed by atoms with E-state index in [1.54, 1.807) is 14.0 Å². The predicted octanol–water partition coefficient (Wildman–Crippen LogP) is 2.14. The minimum absolute atomic E-state index is 0.188. The third-order valence-electron chi connectivity index (χ3n) is 1.99. The maximum Gasteiger partial charge on any atom is 0.134 e. The van der Waals surface area contributed by atoms with E-state index in [9.17, 15) is 4.79 Å². The van der Waals surface area contributed by atoms with Gasteiger partial charge in [-0.3, -0.25) is 4.79 Å². The highest BCUT2D eigenvalue weighted by Gasteiger charge is 2.02. The molecule has 0 heterocycles. The lowest BCUT2D eigenvalue weighted by Gasteiger charge is -2.05. The van der Waals surface area contributed by atoms with Gasteiger partial charge in [0.25, 0.3) is 0 Å². The minimum atomic E-state index is 0.188. The predicted molar refractivity (Wildman–Crippen MR) is 52.1 cm³/mol. The van der Waals surface area contributed by atoms with E-state index in [2.05, 4.69) is 0 Å². The van der Waals surface area contributed by atoms with Crippen LogP contribution >= 0.6 is 0 Å². The zero-order valence-electron chi connectivity index (χ0n) is 8.26. The maximum atomic E-state index is 10.9. The minimum Gasteiger partial charge on any atom is -0.497 e. The summed E-state index contributed by atoms with van der Waals surface area (Å²) in [5.41, 5.74) is 2.18. The average Bonchev–Trinajstić information content (AvgIpc) is 2.08. The van der Waals surface area contributed by atoms with Gasteiger partial charge in [-0.15, -0.1) is 0 Å². The van der Waals surface area contributed by atoms with Crippen LogP contribution in [0.4, 0.5) is 0 Å². The molecule has 0 aliphatic heterocycles. The van der Waals surface area contributed by atoms with Gasteiger partial charge < -0.3 is 4.74 Å². The highest BCUT2D eigenvalue weighted by molar-refractivity contribution is 5.78. The quantitative estimate of drug-likeness (QED) is 0.708. The van der Waals surface area contributed by atoms with Gasteiger partial charge in [0.05, 0.1) is 7.11 Å². The number of ether oxygens (including phenoxy) is 1. The van der Waals surface area contributed by atoms with Crippen LogP contribution in [0.5, 0.6) is 5.75 Å². The summed E-state index contributed by atoms with van der Waals surface area (Å²) in [6, 6.07) is 5.76. The molecule has 0 amide bonds. The van der Waals surface area contributed by atoms with Crippen LogP contribution in [0.15, 0.2) is 18.2 Å². The average molecular weight is 178 g/mol. The molecule has 0 unspecified atom stereocenters. The number of methoxy groups -OCH3 is 1. The van der Waals surface area contributed by atoms with E-state index in [1.165, 1.54) is 0 Å². The normalized spacial score (nSPS) is 9.77. The SMILES string of the molecule is COc1ccc(CC(C)=O)c(C)c1. The first-order valence-corrected chi connectivity index (χ1v) is 4.26. The van der Waals surface area contributed by atoms with Gasteiger partial charge >= 0.3 is 0 Å². The van der Waals surface area contributed by atoms with Gasteiger partial charge in [0.1, 0.15) is 11.5 Å². The fourth-order valence-electron chi connectivity index (χ4n) is 1.26. The van der Waals surface area contributed by atoms with Crippen LogP contribution in [0.1, 0.15) is 18.1 Å². The van der Waals surface area contributed by atoms with Crippen LogP contribution in [0.3, 0.4) is 0 Å². The molecule has 1 aromatic carbocycles. The molecule has 1 aromatic rings. The van der Waals surface area contributed by atoms with Crippen LogP contribution in [-0.4, -0.2) is 12.9 Å². The standard InChI is InChI=1S/C11H14O2/c1-8-6-11(13-3)5-4-10(8)7-9(2)12/h4-6H,7H2,1-3H3. The Hall–Kier alpha value is -1.31. The number of rotatable bonds is 3. The lowest BCUT2D eigenvalue weighted by Crippen LogP contribution is -1.98. The summed E-state index contributed by atoms with van der Waals surface area (Å²) in [5.74, 6) is 1.03. The van der Waals surface area contributed by atoms with Crippen molar-refractivity contribution >= 4 is 5.78 Å². The van der Waals surface area contributed by atoms with Crippen molar-refractivity contribution in [1.29, 1.82) is 0 Å². The van der Waals surface area contributed by atoms with Crippen LogP contribution in [-0.2, 0) is 11.2 Å². The summed E-state index contributed by atoms with van der Waals surface area (Å²) in [4.78, 5) is 10.9. The Balaban J connectivity index is 2.91. The number of Topliss-reactive ketones (excluding diaryl/α,β-unsaturated/α-hetero) is 1. The fraction of sp³-hybridized carbons (Fsp3) is 0.364. The number of hydrogen-bond donors (Lipinski definition) is 0. The second-order valence-electron chi connectivity index (χ2n) is 3.17. The van der Waals surface area contributed by atoms with Gasteiger partial charge in [-0.25, -0.2) is 0 Å². The Morgan fingerprint density at radius 2 is 2.15 bits per heavy atom. The molecule has 2 heteroatoms. The van der Waals surface area contributed by atoms with Crippen molar-refractivity contribution in [2.24, 2.45) is 0 Å². The number of carbonyl (C=O) groups excluding carboxylic acids is 1. The Bertz CT molecular complexity index is 316. The smallest absolute Gasteiger partial charge is 0.134 e. The molecule has 1 rings (SSSR count). The Labute approximate surface area is 78.5 Å². The first kappa shape index (κ1) is 9.78. The summed E-state index contributed by atoms with van der Waals surface area (Å²) in [7, 11) is 1.64. The number of benzene rings is 1. The second kappa shape index (κ2) is 4.08. The summed E-state index contributed by atoms with van der Waals surface area (Å²) in [6.45, 7) is 3.59. The van der Waals surface area contributed by atoms with Crippen molar-refractivity contribution in [3.63, 3.8) is 0 Å². The van der Waals surface area contributed by atoms with Crippen molar-refractivity contribution in [3.05, 3.63) is 29.3 Å². The lowest BCUT2D eigenvalue weighted by molar-refractivity contribution is -0.116. The van der Waals surface area contributed by atoms with Crippen molar-refractivity contribution in [1.82, 2.24) is 0 Å². The number of ketones is 1. The molecule has 0 atom stereocenters. The highest BCUT2D eigenvalue weighted by Crippen LogP contribution is 2.17. The van der Waals surface area contributed by atoms with E-state index in [0.717, 1.165) is 16.9 Å². The zero-order chi connectivity index (χ0) is 9.84. The van der Waals surface area contributed by atoms with Gasteiger partial charge in [-0.1, -0.05) is 6.07 Å². The fourth-order valence-corrected chi connectivity index (χ4v) is 1.26. The van der Waals surface area contributed by atoms with Crippen molar-refractivity contribution in [2.75, 3.05) is 7.11 Å². The molecule has 0 bridgehead atoms. The molecule has 0 saturated carbocycles. The number of aryl methyl sites for hydroxylation is 1. The number of carbonyl (C=O) groups is 1. The molecular weight excluding hydrogens is 164 g/mol. The topological polar surface area (TPSA) is 26.3 Å². The van der Waals surface area contributed by atoms with Crippen LogP contribution in [0, 0.1) is 6.92 Å². The number of hydrogen-bond acceptors (Lipinski definition) is 2. The van der Waals surface area contributed by atoms with Crippen LogP contribution < -0.4 is 4.74 Å². The van der Waals surface area contributed by atoms with E-state index in [-0.39, 0.29) is 5.78 Å². The molecular formula is C11H14O2. The van der Waals surface area contributed by atoms with Gasteiger partial charge in [0.15, 0.2) is 0 Å². The van der Waals surface area contributed by atoms with Gasteiger partial charge in [0, 0.05) is 6.42 Å². The van der Waals surface area contributed by atoms with Crippen molar-refractivity contribution in [2.45, 2.75) is 20.3 Å². The van der Waals surface area contributed by atoms with E-state index in [1.807, 2.05) is 25.1 Å². The zero-order valence-corrected chi connectivity index (χ0v) is 8.26. The monoisotopic (exact) mass is 178 g/mol. The molecule has 0 aliphatic carbocycles. The molecule has 0 saturated heterocycles. The molecule has 13 heavy (non-hydrogen) atoms. The van der Waals surface area contributed by atoms with E-state index >= 15 is 0 Å². The molecule has 0 fully saturated rings. The van der Waals surface area contributed by atoms with Crippen LogP contribution in [0.25, 0.3) is 0 Å². The lowest BCUT2D eigenvalue weighted by atomic mass is 10.0. The Morgan fingerprint density at radius 1 is 1.46 bits per heavy atom. The first-order chi connectivity index (χ1) is 6.13. The summed E-state index contributed by atoms with van der Waals surface area (Å²) < 4.78 is 5.07. The van der Waals surface area contributed by atoms with Crippen molar-refractivity contribution in [3.8, 4) is 5.75 Å². The molecule has 70 valence electrons. The third-order valence-corrected chi connectivity index (χ3v) is 1.99. The Morgan fingerprint density at radius 3 is 2.62 bits per heavy atom.